The molecule has 1 N–H and O–H groups in total. The van der Waals surface area contributed by atoms with Gasteiger partial charge in [0.25, 0.3) is 0 Å². The molecule has 3 heteroatoms. The van der Waals surface area contributed by atoms with Crippen molar-refractivity contribution in [2.24, 2.45) is 0 Å². The number of hydrogen-bond acceptors (Lipinski definition) is 3. The Morgan fingerprint density at radius 3 is 2.59 bits per heavy atom. The third-order valence-electron chi connectivity index (χ3n) is 3.14. The second-order valence-corrected chi connectivity index (χ2v) is 4.38. The zero-order valence-electron chi connectivity index (χ0n) is 9.81. The highest BCUT2D eigenvalue weighted by molar-refractivity contribution is 5.37. The fourth-order valence-corrected chi connectivity index (χ4v) is 1.98. The molecule has 0 aromatic heterocycles. The van der Waals surface area contributed by atoms with Crippen LogP contribution in [-0.4, -0.2) is 11.7 Å². The summed E-state index contributed by atoms with van der Waals surface area (Å²) in [5.74, 6) is 0. The Labute approximate surface area is 101 Å². The highest BCUT2D eigenvalue weighted by atomic mass is 16.5. The highest BCUT2D eigenvalue weighted by Gasteiger charge is 2.29. The molecule has 0 bridgehead atoms. The van der Waals surface area contributed by atoms with E-state index in [1.165, 1.54) is 0 Å². The fourth-order valence-electron chi connectivity index (χ4n) is 1.98. The van der Waals surface area contributed by atoms with Gasteiger partial charge in [-0.2, -0.15) is 5.26 Å². The molecular formula is C14H15NO2. The van der Waals surface area contributed by atoms with Crippen molar-refractivity contribution < 1.29 is 9.84 Å². The van der Waals surface area contributed by atoms with Crippen molar-refractivity contribution in [3.63, 3.8) is 0 Å². The largest absolute Gasteiger partial charge is 0.501 e. The Kier molecular flexibility index (Phi) is 3.16. The van der Waals surface area contributed by atoms with Gasteiger partial charge in [-0.3, -0.25) is 0 Å². The monoisotopic (exact) mass is 229 g/mol. The summed E-state index contributed by atoms with van der Waals surface area (Å²) in [6.07, 6.45) is 3.42. The van der Waals surface area contributed by atoms with Crippen LogP contribution in [0.5, 0.6) is 0 Å². The van der Waals surface area contributed by atoms with Gasteiger partial charge >= 0.3 is 0 Å². The van der Waals surface area contributed by atoms with Crippen LogP contribution < -0.4 is 0 Å². The van der Waals surface area contributed by atoms with Gasteiger partial charge < -0.3 is 9.84 Å². The summed E-state index contributed by atoms with van der Waals surface area (Å²) in [7, 11) is 0. The van der Waals surface area contributed by atoms with Crippen molar-refractivity contribution in [2.75, 3.05) is 6.61 Å². The molecule has 1 aromatic rings. The van der Waals surface area contributed by atoms with E-state index in [1.807, 2.05) is 0 Å². The predicted octanol–water partition coefficient (Wildman–Crippen LogP) is 2.46. The van der Waals surface area contributed by atoms with Crippen molar-refractivity contribution in [1.82, 2.24) is 0 Å². The molecule has 0 amide bonds. The number of ether oxygens (including phenoxy) is 1. The van der Waals surface area contributed by atoms with Crippen LogP contribution >= 0.6 is 0 Å². The first-order chi connectivity index (χ1) is 8.14. The lowest BCUT2D eigenvalue weighted by molar-refractivity contribution is 0.0786. The van der Waals surface area contributed by atoms with E-state index in [9.17, 15) is 5.11 Å². The van der Waals surface area contributed by atoms with E-state index in [4.69, 9.17) is 10.00 Å². The second kappa shape index (κ2) is 4.60. The second-order valence-electron chi connectivity index (χ2n) is 4.38. The molecule has 1 atom stereocenters. The van der Waals surface area contributed by atoms with Gasteiger partial charge in [0.15, 0.2) is 0 Å². The summed E-state index contributed by atoms with van der Waals surface area (Å²) in [5, 5.41) is 19.3. The van der Waals surface area contributed by atoms with Crippen molar-refractivity contribution >= 4 is 0 Å². The van der Waals surface area contributed by atoms with Crippen molar-refractivity contribution in [3.8, 4) is 6.07 Å². The standard InChI is InChI=1S/C14H15NO2/c1-14(16,13-3-2-8-17-10-13)12-6-4-11(9-15)5-7-12/h4-7,10,16H,2-3,8H2,1H3. The van der Waals surface area contributed by atoms with Gasteiger partial charge in [0.1, 0.15) is 5.60 Å². The summed E-state index contributed by atoms with van der Waals surface area (Å²) < 4.78 is 5.26. The number of hydrogen-bond donors (Lipinski definition) is 1. The quantitative estimate of drug-likeness (QED) is 0.847. The molecule has 1 aromatic carbocycles. The Morgan fingerprint density at radius 1 is 1.35 bits per heavy atom. The van der Waals surface area contributed by atoms with E-state index in [-0.39, 0.29) is 0 Å². The minimum Gasteiger partial charge on any atom is -0.501 e. The average molecular weight is 229 g/mol. The summed E-state index contributed by atoms with van der Waals surface area (Å²) in [6.45, 7) is 2.47. The Bertz CT molecular complexity index is 466. The first-order valence-electron chi connectivity index (χ1n) is 5.69. The smallest absolute Gasteiger partial charge is 0.111 e. The maximum absolute atomic E-state index is 10.5. The zero-order chi connectivity index (χ0) is 12.3. The van der Waals surface area contributed by atoms with Crippen molar-refractivity contribution in [2.45, 2.75) is 25.4 Å². The van der Waals surface area contributed by atoms with Gasteiger partial charge in [-0.1, -0.05) is 12.1 Å². The van der Waals surface area contributed by atoms with Crippen molar-refractivity contribution in [3.05, 3.63) is 47.2 Å². The average Bonchev–Trinajstić information content (AvgIpc) is 2.40. The van der Waals surface area contributed by atoms with Crippen LogP contribution in [0.15, 0.2) is 36.1 Å². The van der Waals surface area contributed by atoms with Gasteiger partial charge in [0, 0.05) is 0 Å². The van der Waals surface area contributed by atoms with Crippen molar-refractivity contribution in [1.29, 1.82) is 5.26 Å². The molecule has 2 rings (SSSR count). The number of nitrogens with zero attached hydrogens (tertiary/aromatic N) is 1. The lowest BCUT2D eigenvalue weighted by atomic mass is 9.85. The van der Waals surface area contributed by atoms with Gasteiger partial charge in [0.2, 0.25) is 0 Å². The molecule has 1 heterocycles. The lowest BCUT2D eigenvalue weighted by Gasteiger charge is -2.29. The third-order valence-corrected chi connectivity index (χ3v) is 3.14. The maximum Gasteiger partial charge on any atom is 0.111 e. The SMILES string of the molecule is CC(O)(C1=COCCC1)c1ccc(C#N)cc1. The molecule has 1 aliphatic heterocycles. The molecule has 0 spiro atoms. The summed E-state index contributed by atoms with van der Waals surface area (Å²) in [5.41, 5.74) is 1.24. The minimum absolute atomic E-state index is 0.596. The molecule has 1 aliphatic rings. The van der Waals surface area contributed by atoms with Gasteiger partial charge in [-0.05, 0) is 43.0 Å². The van der Waals surface area contributed by atoms with Gasteiger partial charge in [-0.15, -0.1) is 0 Å². The summed E-state index contributed by atoms with van der Waals surface area (Å²) >= 11 is 0. The predicted molar refractivity (Wildman–Crippen MR) is 64.0 cm³/mol. The van der Waals surface area contributed by atoms with Gasteiger partial charge in [0.05, 0.1) is 24.5 Å². The van der Waals surface area contributed by atoms with Crippen LogP contribution in [0.4, 0.5) is 0 Å². The minimum atomic E-state index is -1.02. The molecular weight excluding hydrogens is 214 g/mol. The Balaban J connectivity index is 2.30. The first kappa shape index (κ1) is 11.7. The summed E-state index contributed by atoms with van der Waals surface area (Å²) in [4.78, 5) is 0. The van der Waals surface area contributed by atoms with E-state index in [2.05, 4.69) is 6.07 Å². The number of aliphatic hydroxyl groups is 1. The zero-order valence-corrected chi connectivity index (χ0v) is 9.81. The van der Waals surface area contributed by atoms with E-state index in [0.717, 1.165) is 24.0 Å². The third kappa shape index (κ3) is 2.32. The van der Waals surface area contributed by atoms with Crippen LogP contribution in [0.2, 0.25) is 0 Å². The van der Waals surface area contributed by atoms with Crippen LogP contribution in [0.1, 0.15) is 30.9 Å². The highest BCUT2D eigenvalue weighted by Crippen LogP contribution is 2.33. The fraction of sp³-hybridized carbons (Fsp3) is 0.357. The van der Waals surface area contributed by atoms with E-state index < -0.39 is 5.60 Å². The van der Waals surface area contributed by atoms with Crippen LogP contribution in [0.3, 0.4) is 0 Å². The van der Waals surface area contributed by atoms with Crippen LogP contribution in [0.25, 0.3) is 0 Å². The molecule has 3 nitrogen and oxygen atoms in total. The van der Waals surface area contributed by atoms with E-state index in [1.54, 1.807) is 37.5 Å². The Hall–Kier alpha value is -1.79. The normalized spacial score (nSPS) is 18.5. The molecule has 17 heavy (non-hydrogen) atoms. The lowest BCUT2D eigenvalue weighted by Crippen LogP contribution is -2.26. The molecule has 0 fully saturated rings. The molecule has 0 saturated heterocycles. The molecule has 0 radical (unpaired) electrons. The number of benzene rings is 1. The van der Waals surface area contributed by atoms with E-state index in [0.29, 0.717) is 12.2 Å². The summed E-state index contributed by atoms with van der Waals surface area (Å²) in [6, 6.07) is 9.07. The Morgan fingerprint density at radius 2 is 2.06 bits per heavy atom. The molecule has 88 valence electrons. The van der Waals surface area contributed by atoms with Crippen LogP contribution in [-0.2, 0) is 10.3 Å². The molecule has 0 saturated carbocycles. The van der Waals surface area contributed by atoms with E-state index >= 15 is 0 Å². The molecule has 1 unspecified atom stereocenters. The van der Waals surface area contributed by atoms with Crippen LogP contribution in [0, 0.1) is 11.3 Å². The number of nitriles is 1. The number of rotatable bonds is 2. The maximum atomic E-state index is 10.5. The first-order valence-corrected chi connectivity index (χ1v) is 5.69. The topological polar surface area (TPSA) is 53.2 Å². The van der Waals surface area contributed by atoms with Gasteiger partial charge in [-0.25, -0.2) is 0 Å². The molecule has 0 aliphatic carbocycles.